The van der Waals surface area contributed by atoms with Crippen molar-refractivity contribution in [3.63, 3.8) is 0 Å². The fourth-order valence-electron chi connectivity index (χ4n) is 1.77. The summed E-state index contributed by atoms with van der Waals surface area (Å²) in [7, 11) is 0.342. The van der Waals surface area contributed by atoms with Crippen molar-refractivity contribution in [1.82, 2.24) is 5.32 Å². The first-order chi connectivity index (χ1) is 9.72. The summed E-state index contributed by atoms with van der Waals surface area (Å²) < 4.78 is 5.13. The molecule has 1 atom stereocenters. The lowest BCUT2D eigenvalue weighted by atomic mass is 9.77. The first kappa shape index (κ1) is 14.8. The Morgan fingerprint density at radius 2 is 2.50 bits per heavy atom. The molecule has 1 aliphatic heterocycles. The number of hydrogen-bond donors (Lipinski definition) is 2. The van der Waals surface area contributed by atoms with Crippen LogP contribution < -0.4 is 5.32 Å². The maximum Gasteiger partial charge on any atom is 0.478 e. The molecule has 1 aromatic rings. The summed E-state index contributed by atoms with van der Waals surface area (Å²) in [6.07, 6.45) is 4.16. The van der Waals surface area contributed by atoms with Crippen LogP contribution in [0.2, 0.25) is 0 Å². The summed E-state index contributed by atoms with van der Waals surface area (Å²) in [6, 6.07) is 3.60. The Hall–Kier alpha value is -1.64. The van der Waals surface area contributed by atoms with Crippen LogP contribution in [0.15, 0.2) is 34.8 Å². The van der Waals surface area contributed by atoms with E-state index >= 15 is 0 Å². The standard InChI is InChI=1S/C12H15BN2O4S/c1-18-15-11(9-5-4-8-20-9)12(16)14-10-6-2-3-7-19-13(10)17/h2-5,8,10,17H,6-7H2,1H3,(H,14,16)/b15-11-. The van der Waals surface area contributed by atoms with Crippen molar-refractivity contribution < 1.29 is 19.3 Å². The highest BCUT2D eigenvalue weighted by Gasteiger charge is 2.30. The van der Waals surface area contributed by atoms with Crippen LogP contribution in [0.4, 0.5) is 0 Å². The number of rotatable bonds is 4. The van der Waals surface area contributed by atoms with Gasteiger partial charge in [-0.2, -0.15) is 0 Å². The van der Waals surface area contributed by atoms with E-state index in [0.717, 1.165) is 0 Å². The largest absolute Gasteiger partial charge is 0.478 e. The van der Waals surface area contributed by atoms with E-state index in [4.69, 9.17) is 9.49 Å². The second-order valence-corrected chi connectivity index (χ2v) is 5.06. The van der Waals surface area contributed by atoms with Gasteiger partial charge in [-0.3, -0.25) is 4.79 Å². The SMILES string of the molecule is CO/N=C(\C(=O)NC1CC=CCOB1O)c1cccs1. The van der Waals surface area contributed by atoms with E-state index in [9.17, 15) is 9.82 Å². The van der Waals surface area contributed by atoms with Crippen LogP contribution >= 0.6 is 11.3 Å². The molecule has 0 radical (unpaired) electrons. The highest BCUT2D eigenvalue weighted by molar-refractivity contribution is 7.13. The van der Waals surface area contributed by atoms with Crippen LogP contribution in [0.25, 0.3) is 0 Å². The third-order valence-corrected chi connectivity index (χ3v) is 3.61. The third kappa shape index (κ3) is 3.69. The van der Waals surface area contributed by atoms with Gasteiger partial charge in [-0.1, -0.05) is 23.4 Å². The van der Waals surface area contributed by atoms with E-state index in [0.29, 0.717) is 17.9 Å². The molecule has 20 heavy (non-hydrogen) atoms. The molecule has 1 amide bonds. The van der Waals surface area contributed by atoms with Crippen molar-refractivity contribution in [2.75, 3.05) is 13.7 Å². The monoisotopic (exact) mass is 294 g/mol. The topological polar surface area (TPSA) is 80.2 Å². The summed E-state index contributed by atoms with van der Waals surface area (Å²) >= 11 is 1.39. The number of thiophene rings is 1. The lowest BCUT2D eigenvalue weighted by Gasteiger charge is -2.17. The Bertz CT molecular complexity index is 504. The molecule has 8 heteroatoms. The van der Waals surface area contributed by atoms with Crippen molar-refractivity contribution in [2.45, 2.75) is 12.4 Å². The van der Waals surface area contributed by atoms with Crippen LogP contribution in [0, 0.1) is 0 Å². The molecule has 0 spiro atoms. The predicted octanol–water partition coefficient (Wildman–Crippen LogP) is 0.580. The van der Waals surface area contributed by atoms with Gasteiger partial charge in [0.2, 0.25) is 0 Å². The lowest BCUT2D eigenvalue weighted by Crippen LogP contribution is -2.49. The molecule has 6 nitrogen and oxygen atoms in total. The normalized spacial score (nSPS) is 19.6. The zero-order chi connectivity index (χ0) is 14.4. The van der Waals surface area contributed by atoms with Crippen LogP contribution in [0.5, 0.6) is 0 Å². The number of carbonyl (C=O) groups excluding carboxylic acids is 1. The average molecular weight is 294 g/mol. The number of amides is 1. The smallest absolute Gasteiger partial charge is 0.426 e. The summed E-state index contributed by atoms with van der Waals surface area (Å²) in [5.41, 5.74) is 0.183. The average Bonchev–Trinajstić information content (AvgIpc) is 2.89. The minimum atomic E-state index is -1.04. The van der Waals surface area contributed by atoms with Crippen molar-refractivity contribution in [1.29, 1.82) is 0 Å². The number of oxime groups is 1. The molecular weight excluding hydrogens is 279 g/mol. The van der Waals surface area contributed by atoms with Gasteiger partial charge in [-0.25, -0.2) is 0 Å². The van der Waals surface area contributed by atoms with E-state index in [1.165, 1.54) is 18.4 Å². The molecule has 0 aromatic carbocycles. The third-order valence-electron chi connectivity index (χ3n) is 2.73. The minimum absolute atomic E-state index is 0.183. The molecule has 0 fully saturated rings. The second-order valence-electron chi connectivity index (χ2n) is 4.11. The summed E-state index contributed by atoms with van der Waals surface area (Å²) in [6.45, 7) is 0.331. The number of carbonyl (C=O) groups is 1. The minimum Gasteiger partial charge on any atom is -0.426 e. The zero-order valence-electron chi connectivity index (χ0n) is 11.0. The van der Waals surface area contributed by atoms with Gasteiger partial charge in [0.1, 0.15) is 7.11 Å². The van der Waals surface area contributed by atoms with Gasteiger partial charge >= 0.3 is 7.12 Å². The van der Waals surface area contributed by atoms with Crippen LogP contribution in [-0.2, 0) is 14.3 Å². The summed E-state index contributed by atoms with van der Waals surface area (Å²) in [4.78, 5) is 17.7. The maximum atomic E-state index is 12.3. The van der Waals surface area contributed by atoms with Crippen molar-refractivity contribution in [3.8, 4) is 0 Å². The van der Waals surface area contributed by atoms with E-state index in [2.05, 4.69) is 10.5 Å². The molecule has 2 N–H and O–H groups in total. The molecule has 1 aliphatic rings. The Labute approximate surface area is 121 Å². The Balaban J connectivity index is 2.09. The molecular formula is C12H15BN2O4S. The summed E-state index contributed by atoms with van der Waals surface area (Å²) in [5, 5.41) is 18.1. The number of nitrogens with one attached hydrogen (secondary N) is 1. The van der Waals surface area contributed by atoms with Gasteiger partial charge in [0.05, 0.1) is 10.8 Å². The van der Waals surface area contributed by atoms with Crippen LogP contribution in [0.3, 0.4) is 0 Å². The predicted molar refractivity (Wildman–Crippen MR) is 77.5 cm³/mol. The highest BCUT2D eigenvalue weighted by Crippen LogP contribution is 2.12. The van der Waals surface area contributed by atoms with Gasteiger partial charge < -0.3 is 19.8 Å². The first-order valence-corrected chi connectivity index (χ1v) is 7.01. The molecule has 0 aliphatic carbocycles. The van der Waals surface area contributed by atoms with E-state index in [1.54, 1.807) is 12.1 Å². The second kappa shape index (κ2) is 7.23. The van der Waals surface area contributed by atoms with E-state index in [-0.39, 0.29) is 5.71 Å². The highest BCUT2D eigenvalue weighted by atomic mass is 32.1. The Kier molecular flexibility index (Phi) is 5.34. The van der Waals surface area contributed by atoms with Crippen LogP contribution in [0.1, 0.15) is 11.3 Å². The molecule has 106 valence electrons. The first-order valence-electron chi connectivity index (χ1n) is 6.13. The molecule has 0 saturated carbocycles. The quantitative estimate of drug-likeness (QED) is 0.368. The summed E-state index contributed by atoms with van der Waals surface area (Å²) in [5.74, 6) is -0.916. The van der Waals surface area contributed by atoms with Gasteiger partial charge in [-0.15, -0.1) is 11.3 Å². The molecule has 2 heterocycles. The lowest BCUT2D eigenvalue weighted by molar-refractivity contribution is -0.115. The fraction of sp³-hybridized carbons (Fsp3) is 0.333. The molecule has 0 saturated heterocycles. The molecule has 0 bridgehead atoms. The van der Waals surface area contributed by atoms with E-state index < -0.39 is 19.0 Å². The number of hydrogen-bond acceptors (Lipinski definition) is 6. The fourth-order valence-corrected chi connectivity index (χ4v) is 2.47. The molecule has 1 aromatic heterocycles. The molecule has 2 rings (SSSR count). The van der Waals surface area contributed by atoms with Crippen molar-refractivity contribution >= 4 is 30.1 Å². The van der Waals surface area contributed by atoms with Crippen LogP contribution in [-0.4, -0.2) is 43.4 Å². The number of nitrogens with zero attached hydrogens (tertiary/aromatic N) is 1. The Morgan fingerprint density at radius 3 is 3.20 bits per heavy atom. The van der Waals surface area contributed by atoms with Gasteiger partial charge in [-0.05, 0) is 17.9 Å². The molecule has 1 unspecified atom stereocenters. The zero-order valence-corrected chi connectivity index (χ0v) is 11.8. The van der Waals surface area contributed by atoms with Crippen molar-refractivity contribution in [3.05, 3.63) is 34.5 Å². The maximum absolute atomic E-state index is 12.3. The van der Waals surface area contributed by atoms with Gasteiger partial charge in [0.25, 0.3) is 5.91 Å². The van der Waals surface area contributed by atoms with E-state index in [1.807, 2.05) is 17.5 Å². The van der Waals surface area contributed by atoms with Gasteiger partial charge in [0, 0.05) is 6.61 Å². The Morgan fingerprint density at radius 1 is 1.65 bits per heavy atom. The van der Waals surface area contributed by atoms with Crippen molar-refractivity contribution in [2.24, 2.45) is 5.16 Å². The van der Waals surface area contributed by atoms with Gasteiger partial charge in [0.15, 0.2) is 5.71 Å².